The van der Waals surface area contributed by atoms with E-state index in [4.69, 9.17) is 11.6 Å². The fraction of sp³-hybridized carbons (Fsp3) is 0.467. The molecule has 0 bridgehead atoms. The van der Waals surface area contributed by atoms with Gasteiger partial charge in [0.05, 0.1) is 11.8 Å². The number of hydrogen-bond acceptors (Lipinski definition) is 5. The van der Waals surface area contributed by atoms with Crippen LogP contribution in [0.4, 0.5) is 5.69 Å². The van der Waals surface area contributed by atoms with Gasteiger partial charge >= 0.3 is 0 Å². The van der Waals surface area contributed by atoms with E-state index in [2.05, 4.69) is 20.8 Å². The predicted octanol–water partition coefficient (Wildman–Crippen LogP) is 3.48. The van der Waals surface area contributed by atoms with E-state index in [1.54, 1.807) is 6.07 Å². The summed E-state index contributed by atoms with van der Waals surface area (Å²) in [5, 5.41) is 16.1. The molecule has 3 rings (SSSR count). The lowest BCUT2D eigenvalue weighted by Crippen LogP contribution is -2.16. The molecule has 1 aliphatic carbocycles. The van der Waals surface area contributed by atoms with Crippen LogP contribution in [-0.4, -0.2) is 31.9 Å². The molecule has 122 valence electrons. The van der Waals surface area contributed by atoms with Crippen LogP contribution in [0.2, 0.25) is 5.02 Å². The van der Waals surface area contributed by atoms with Crippen molar-refractivity contribution in [3.05, 3.63) is 28.8 Å². The molecule has 1 aromatic carbocycles. The molecule has 1 fully saturated rings. The lowest BCUT2D eigenvalue weighted by molar-refractivity contribution is -0.113. The van der Waals surface area contributed by atoms with E-state index in [0.29, 0.717) is 16.2 Å². The summed E-state index contributed by atoms with van der Waals surface area (Å²) < 4.78 is 1.86. The van der Waals surface area contributed by atoms with Gasteiger partial charge in [0, 0.05) is 10.7 Å². The zero-order valence-electron chi connectivity index (χ0n) is 12.8. The lowest BCUT2D eigenvalue weighted by atomic mass is 10.2. The van der Waals surface area contributed by atoms with Crippen molar-refractivity contribution in [1.82, 2.24) is 20.2 Å². The van der Waals surface area contributed by atoms with Gasteiger partial charge in [-0.05, 0) is 47.9 Å². The Bertz CT molecular complexity index is 699. The van der Waals surface area contributed by atoms with Crippen LogP contribution in [-0.2, 0) is 4.79 Å². The van der Waals surface area contributed by atoms with Crippen LogP contribution in [0.25, 0.3) is 0 Å². The molecule has 1 aromatic heterocycles. The minimum absolute atomic E-state index is 0.0960. The van der Waals surface area contributed by atoms with E-state index in [0.717, 1.165) is 24.1 Å². The molecule has 1 aliphatic rings. The molecular weight excluding hydrogens is 334 g/mol. The summed E-state index contributed by atoms with van der Waals surface area (Å²) in [6, 6.07) is 5.83. The number of anilines is 1. The fourth-order valence-corrected chi connectivity index (χ4v) is 3.64. The minimum Gasteiger partial charge on any atom is -0.325 e. The molecule has 1 amide bonds. The average molecular weight is 352 g/mol. The van der Waals surface area contributed by atoms with E-state index in [1.165, 1.54) is 24.6 Å². The molecule has 1 N–H and O–H groups in total. The highest BCUT2D eigenvalue weighted by molar-refractivity contribution is 7.99. The number of carbonyl (C=O) groups is 1. The third-order valence-electron chi connectivity index (χ3n) is 4.01. The van der Waals surface area contributed by atoms with Crippen LogP contribution < -0.4 is 5.32 Å². The maximum Gasteiger partial charge on any atom is 0.234 e. The third-order valence-corrected chi connectivity index (χ3v) is 5.35. The predicted molar refractivity (Wildman–Crippen MR) is 90.9 cm³/mol. The number of thioether (sulfide) groups is 1. The first-order valence-corrected chi connectivity index (χ1v) is 8.97. The number of halogens is 1. The number of amides is 1. The molecule has 6 nitrogen and oxygen atoms in total. The van der Waals surface area contributed by atoms with Crippen molar-refractivity contribution in [1.29, 1.82) is 0 Å². The SMILES string of the molecule is Cc1c(Cl)cccc1NC(=O)CSc1nnnn1C1CCCC1. The summed E-state index contributed by atoms with van der Waals surface area (Å²) in [6.07, 6.45) is 4.63. The molecule has 1 saturated carbocycles. The molecule has 0 aliphatic heterocycles. The second kappa shape index (κ2) is 7.31. The molecule has 1 heterocycles. The number of rotatable bonds is 5. The first kappa shape index (κ1) is 16.3. The lowest BCUT2D eigenvalue weighted by Gasteiger charge is -2.11. The highest BCUT2D eigenvalue weighted by atomic mass is 35.5. The molecule has 0 radical (unpaired) electrons. The summed E-state index contributed by atoms with van der Waals surface area (Å²) in [4.78, 5) is 12.2. The Hall–Kier alpha value is -1.60. The summed E-state index contributed by atoms with van der Waals surface area (Å²) in [6.45, 7) is 1.88. The quantitative estimate of drug-likeness (QED) is 0.835. The summed E-state index contributed by atoms with van der Waals surface area (Å²) in [7, 11) is 0. The number of benzene rings is 1. The van der Waals surface area contributed by atoms with Crippen molar-refractivity contribution >= 4 is 35.0 Å². The van der Waals surface area contributed by atoms with E-state index in [-0.39, 0.29) is 11.7 Å². The van der Waals surface area contributed by atoms with Crippen LogP contribution >= 0.6 is 23.4 Å². The van der Waals surface area contributed by atoms with Gasteiger partial charge in [0.2, 0.25) is 11.1 Å². The van der Waals surface area contributed by atoms with Crippen LogP contribution in [0.3, 0.4) is 0 Å². The van der Waals surface area contributed by atoms with Gasteiger partial charge in [0.1, 0.15) is 0 Å². The number of tetrazole rings is 1. The van der Waals surface area contributed by atoms with E-state index < -0.39 is 0 Å². The van der Waals surface area contributed by atoms with Crippen LogP contribution in [0.5, 0.6) is 0 Å². The number of nitrogens with one attached hydrogen (secondary N) is 1. The van der Waals surface area contributed by atoms with Crippen LogP contribution in [0.15, 0.2) is 23.4 Å². The maximum absolute atomic E-state index is 12.2. The maximum atomic E-state index is 12.2. The van der Waals surface area contributed by atoms with Crippen LogP contribution in [0.1, 0.15) is 37.3 Å². The Kier molecular flexibility index (Phi) is 5.17. The summed E-state index contributed by atoms with van der Waals surface area (Å²) in [5.41, 5.74) is 1.60. The molecular formula is C15H18ClN5OS. The molecule has 8 heteroatoms. The van der Waals surface area contributed by atoms with E-state index >= 15 is 0 Å². The first-order valence-electron chi connectivity index (χ1n) is 7.61. The Balaban J connectivity index is 1.59. The zero-order chi connectivity index (χ0) is 16.2. The van der Waals surface area contributed by atoms with E-state index in [1.807, 2.05) is 23.7 Å². The van der Waals surface area contributed by atoms with Crippen molar-refractivity contribution in [2.75, 3.05) is 11.1 Å². The first-order chi connectivity index (χ1) is 11.1. The van der Waals surface area contributed by atoms with E-state index in [9.17, 15) is 4.79 Å². The van der Waals surface area contributed by atoms with Gasteiger partial charge in [-0.15, -0.1) is 5.10 Å². The normalized spacial score (nSPS) is 15.0. The fourth-order valence-electron chi connectivity index (χ4n) is 2.72. The van der Waals surface area contributed by atoms with Crippen molar-refractivity contribution in [3.63, 3.8) is 0 Å². The number of hydrogen-bond donors (Lipinski definition) is 1. The molecule has 2 aromatic rings. The topological polar surface area (TPSA) is 72.7 Å². The summed E-state index contributed by atoms with van der Waals surface area (Å²) in [5.74, 6) is 0.167. The third kappa shape index (κ3) is 3.84. The minimum atomic E-state index is -0.0960. The van der Waals surface area contributed by atoms with Gasteiger partial charge < -0.3 is 5.32 Å². The Morgan fingerprint density at radius 3 is 3.00 bits per heavy atom. The zero-order valence-corrected chi connectivity index (χ0v) is 14.4. The average Bonchev–Trinajstić information content (AvgIpc) is 3.20. The second-order valence-corrected chi connectivity index (χ2v) is 6.94. The molecule has 0 saturated heterocycles. The van der Waals surface area contributed by atoms with Crippen molar-refractivity contribution < 1.29 is 4.79 Å². The highest BCUT2D eigenvalue weighted by Crippen LogP contribution is 2.31. The number of aromatic nitrogens is 4. The second-order valence-electron chi connectivity index (χ2n) is 5.59. The number of nitrogens with zero attached hydrogens (tertiary/aromatic N) is 4. The standard InChI is InChI=1S/C15H18ClN5OS/c1-10-12(16)7-4-8-13(10)17-14(22)9-23-15-18-19-20-21(15)11-5-2-3-6-11/h4,7-8,11H,2-3,5-6,9H2,1H3,(H,17,22). The Morgan fingerprint density at radius 2 is 2.22 bits per heavy atom. The van der Waals surface area contributed by atoms with Gasteiger partial charge in [-0.3, -0.25) is 4.79 Å². The monoisotopic (exact) mass is 351 g/mol. The molecule has 0 atom stereocenters. The molecule has 0 unspecified atom stereocenters. The highest BCUT2D eigenvalue weighted by Gasteiger charge is 2.22. The van der Waals surface area contributed by atoms with Gasteiger partial charge in [0.25, 0.3) is 0 Å². The van der Waals surface area contributed by atoms with Crippen molar-refractivity contribution in [2.24, 2.45) is 0 Å². The van der Waals surface area contributed by atoms with Gasteiger partial charge in [-0.2, -0.15) is 0 Å². The van der Waals surface area contributed by atoms with Crippen molar-refractivity contribution in [3.8, 4) is 0 Å². The summed E-state index contributed by atoms with van der Waals surface area (Å²) >= 11 is 7.42. The smallest absolute Gasteiger partial charge is 0.234 e. The number of carbonyl (C=O) groups excluding carboxylic acids is 1. The van der Waals surface area contributed by atoms with Gasteiger partial charge in [-0.1, -0.05) is 42.3 Å². The van der Waals surface area contributed by atoms with Crippen molar-refractivity contribution in [2.45, 2.75) is 43.8 Å². The molecule has 0 spiro atoms. The van der Waals surface area contributed by atoms with Gasteiger partial charge in [0.15, 0.2) is 0 Å². The largest absolute Gasteiger partial charge is 0.325 e. The Labute approximate surface area is 144 Å². The Morgan fingerprint density at radius 1 is 1.43 bits per heavy atom. The van der Waals surface area contributed by atoms with Gasteiger partial charge in [-0.25, -0.2) is 4.68 Å². The molecule has 23 heavy (non-hydrogen) atoms. The van der Waals surface area contributed by atoms with Crippen LogP contribution in [0, 0.1) is 6.92 Å².